The summed E-state index contributed by atoms with van der Waals surface area (Å²) < 4.78 is 6.80. The van der Waals surface area contributed by atoms with Crippen molar-refractivity contribution in [1.82, 2.24) is 4.57 Å². The molecule has 0 unspecified atom stereocenters. The molecule has 0 saturated carbocycles. The predicted octanol–water partition coefficient (Wildman–Crippen LogP) is 2.66. The van der Waals surface area contributed by atoms with Crippen LogP contribution in [0.3, 0.4) is 0 Å². The van der Waals surface area contributed by atoms with E-state index in [2.05, 4.69) is 10.6 Å². The zero-order chi connectivity index (χ0) is 24.1. The molecule has 8 nitrogen and oxygen atoms in total. The molecular formula is C22H25ClN4O4S. The van der Waals surface area contributed by atoms with Gasteiger partial charge in [-0.1, -0.05) is 32.4 Å². The smallest absolute Gasteiger partial charge is 0.351 e. The first-order chi connectivity index (χ1) is 15.0. The molecule has 0 atom stereocenters. The first-order valence-corrected chi connectivity index (χ1v) is 11.1. The third-order valence-corrected chi connectivity index (χ3v) is 5.58. The van der Waals surface area contributed by atoms with Gasteiger partial charge in [0.15, 0.2) is 5.57 Å². The van der Waals surface area contributed by atoms with Crippen LogP contribution in [0.4, 0.5) is 11.4 Å². The van der Waals surface area contributed by atoms with E-state index < -0.39 is 11.4 Å². The Kier molecular flexibility index (Phi) is 8.25. The number of esters is 1. The van der Waals surface area contributed by atoms with Crippen molar-refractivity contribution in [1.29, 1.82) is 5.26 Å². The zero-order valence-corrected chi connectivity index (χ0v) is 20.1. The van der Waals surface area contributed by atoms with Gasteiger partial charge in [-0.05, 0) is 32.0 Å². The number of ether oxygens (including phenoxy) is 1. The van der Waals surface area contributed by atoms with Crippen LogP contribution in [0.5, 0.6) is 0 Å². The average molecular weight is 477 g/mol. The molecule has 32 heavy (non-hydrogen) atoms. The summed E-state index contributed by atoms with van der Waals surface area (Å²) in [7, 11) is 0. The maximum atomic E-state index is 12.8. The first kappa shape index (κ1) is 25.2. The molecule has 0 bridgehead atoms. The molecule has 2 aromatic rings. The van der Waals surface area contributed by atoms with Crippen LogP contribution in [-0.2, 0) is 20.9 Å². The summed E-state index contributed by atoms with van der Waals surface area (Å²) in [6, 6.07) is 6.79. The highest BCUT2D eigenvalue weighted by Gasteiger charge is 2.21. The van der Waals surface area contributed by atoms with Gasteiger partial charge in [0.25, 0.3) is 5.56 Å². The number of nitrogens with one attached hydrogen (secondary N) is 2. The van der Waals surface area contributed by atoms with Gasteiger partial charge < -0.3 is 15.4 Å². The van der Waals surface area contributed by atoms with Crippen molar-refractivity contribution >= 4 is 58.0 Å². The number of carbonyl (C=O) groups excluding carboxylic acids is 2. The second-order valence-electron chi connectivity index (χ2n) is 7.75. The number of thiazole rings is 1. The van der Waals surface area contributed by atoms with E-state index in [0.717, 1.165) is 11.3 Å². The molecule has 2 rings (SSSR count). The van der Waals surface area contributed by atoms with Crippen LogP contribution in [0, 0.1) is 16.7 Å². The topological polar surface area (TPSA) is 113 Å². The number of carbonyl (C=O) groups is 2. The van der Waals surface area contributed by atoms with Crippen molar-refractivity contribution in [3.63, 3.8) is 0 Å². The predicted molar refractivity (Wildman–Crippen MR) is 127 cm³/mol. The SMILES string of the molecule is CCOC(=O)C(C#N)=c1sc(=CNc2cc(Cl)cc(NC(=O)C(C)(C)C)c2)c(=O)n1CC. The van der Waals surface area contributed by atoms with Gasteiger partial charge in [-0.3, -0.25) is 14.2 Å². The van der Waals surface area contributed by atoms with Gasteiger partial charge in [0.05, 0.1) is 6.61 Å². The Bertz CT molecular complexity index is 1250. The van der Waals surface area contributed by atoms with Gasteiger partial charge in [-0.2, -0.15) is 5.26 Å². The number of amides is 1. The van der Waals surface area contributed by atoms with Gasteiger partial charge in [-0.25, -0.2) is 4.79 Å². The second kappa shape index (κ2) is 10.5. The molecule has 0 fully saturated rings. The number of hydrogen-bond acceptors (Lipinski definition) is 7. The number of anilines is 2. The molecule has 0 aliphatic heterocycles. The number of aromatic nitrogens is 1. The van der Waals surface area contributed by atoms with Gasteiger partial charge in [0, 0.05) is 34.6 Å². The Hall–Kier alpha value is -3.09. The first-order valence-electron chi connectivity index (χ1n) is 9.91. The number of hydrogen-bond donors (Lipinski definition) is 2. The third-order valence-electron chi connectivity index (χ3n) is 4.24. The Morgan fingerprint density at radius 2 is 1.91 bits per heavy atom. The van der Waals surface area contributed by atoms with Crippen molar-refractivity contribution in [2.24, 2.45) is 5.41 Å². The second-order valence-corrected chi connectivity index (χ2v) is 9.22. The standard InChI is InChI=1S/C22H25ClN4O4S/c1-6-27-18(28)17(32-19(27)16(11-24)20(29)31-7-2)12-25-14-8-13(23)9-15(10-14)26-21(30)22(3,4)5/h8-10,12,25H,6-7H2,1-5H3,(H,26,30). The van der Waals surface area contributed by atoms with E-state index in [1.165, 1.54) is 10.8 Å². The van der Waals surface area contributed by atoms with Crippen molar-refractivity contribution in [2.45, 2.75) is 41.2 Å². The molecule has 0 saturated heterocycles. The minimum Gasteiger partial charge on any atom is -0.462 e. The van der Waals surface area contributed by atoms with E-state index in [9.17, 15) is 19.6 Å². The molecule has 1 aromatic carbocycles. The Labute approximate surface area is 194 Å². The number of rotatable bonds is 6. The summed E-state index contributed by atoms with van der Waals surface area (Å²) in [6.07, 6.45) is 1.48. The van der Waals surface area contributed by atoms with Crippen LogP contribution in [0.2, 0.25) is 5.02 Å². The molecule has 0 aliphatic carbocycles. The van der Waals surface area contributed by atoms with Crippen molar-refractivity contribution < 1.29 is 14.3 Å². The van der Waals surface area contributed by atoms with E-state index in [-0.39, 0.29) is 34.9 Å². The lowest BCUT2D eigenvalue weighted by atomic mass is 9.95. The summed E-state index contributed by atoms with van der Waals surface area (Å²) in [6.45, 7) is 9.19. The molecule has 2 N–H and O–H groups in total. The summed E-state index contributed by atoms with van der Waals surface area (Å²) in [4.78, 5) is 37.1. The summed E-state index contributed by atoms with van der Waals surface area (Å²) >= 11 is 7.19. The van der Waals surface area contributed by atoms with E-state index >= 15 is 0 Å². The lowest BCUT2D eigenvalue weighted by Gasteiger charge is -2.18. The number of nitrogens with zero attached hydrogens (tertiary/aromatic N) is 2. The fourth-order valence-corrected chi connectivity index (χ4v) is 3.90. The van der Waals surface area contributed by atoms with Crippen molar-refractivity contribution in [3.05, 3.63) is 42.8 Å². The van der Waals surface area contributed by atoms with E-state index in [4.69, 9.17) is 16.3 Å². The maximum absolute atomic E-state index is 12.8. The van der Waals surface area contributed by atoms with Gasteiger partial charge >= 0.3 is 5.97 Å². The summed E-state index contributed by atoms with van der Waals surface area (Å²) in [5, 5.41) is 15.6. The zero-order valence-electron chi connectivity index (χ0n) is 18.5. The average Bonchev–Trinajstić information content (AvgIpc) is 3.01. The molecule has 0 spiro atoms. The Morgan fingerprint density at radius 3 is 2.47 bits per heavy atom. The van der Waals surface area contributed by atoms with Crippen LogP contribution in [0.1, 0.15) is 34.6 Å². The van der Waals surface area contributed by atoms with Gasteiger partial charge in [-0.15, -0.1) is 11.3 Å². The minimum atomic E-state index is -0.771. The molecule has 0 aliphatic rings. The summed E-state index contributed by atoms with van der Waals surface area (Å²) in [5.41, 5.74) is -0.0811. The highest BCUT2D eigenvalue weighted by atomic mass is 35.5. The van der Waals surface area contributed by atoms with E-state index in [1.807, 2.05) is 6.07 Å². The molecule has 1 aromatic heterocycles. The quantitative estimate of drug-likeness (QED) is 0.619. The largest absolute Gasteiger partial charge is 0.462 e. The van der Waals surface area contributed by atoms with Crippen LogP contribution in [-0.4, -0.2) is 23.1 Å². The Balaban J connectivity index is 2.48. The highest BCUT2D eigenvalue weighted by Crippen LogP contribution is 2.24. The highest BCUT2D eigenvalue weighted by molar-refractivity contribution is 7.07. The minimum absolute atomic E-state index is 0.120. The number of halogens is 1. The lowest BCUT2D eigenvalue weighted by molar-refractivity contribution is -0.136. The third kappa shape index (κ3) is 5.99. The number of nitriles is 1. The normalized spacial score (nSPS) is 12.7. The van der Waals surface area contributed by atoms with E-state index in [0.29, 0.717) is 20.9 Å². The molecule has 1 heterocycles. The van der Waals surface area contributed by atoms with Crippen LogP contribution in [0.25, 0.3) is 11.8 Å². The molecule has 0 radical (unpaired) electrons. The molecule has 10 heteroatoms. The number of benzene rings is 1. The van der Waals surface area contributed by atoms with Gasteiger partial charge in [0.1, 0.15) is 15.3 Å². The molecular weight excluding hydrogens is 452 g/mol. The molecule has 1 amide bonds. The van der Waals surface area contributed by atoms with E-state index in [1.54, 1.807) is 52.8 Å². The van der Waals surface area contributed by atoms with Crippen LogP contribution in [0.15, 0.2) is 23.0 Å². The van der Waals surface area contributed by atoms with Gasteiger partial charge in [0.2, 0.25) is 5.91 Å². The summed E-state index contributed by atoms with van der Waals surface area (Å²) in [5.74, 6) is -0.936. The monoisotopic (exact) mass is 476 g/mol. The lowest BCUT2D eigenvalue weighted by Crippen LogP contribution is -2.32. The van der Waals surface area contributed by atoms with Crippen molar-refractivity contribution in [3.8, 4) is 6.07 Å². The maximum Gasteiger partial charge on any atom is 0.351 e. The van der Waals surface area contributed by atoms with Crippen LogP contribution >= 0.6 is 22.9 Å². The fraction of sp³-hybridized carbons (Fsp3) is 0.364. The van der Waals surface area contributed by atoms with Crippen molar-refractivity contribution in [2.75, 3.05) is 17.2 Å². The molecule has 170 valence electrons. The Morgan fingerprint density at radius 1 is 1.25 bits per heavy atom. The fourth-order valence-electron chi connectivity index (χ4n) is 2.59. The van der Waals surface area contributed by atoms with Crippen LogP contribution < -0.4 is 25.4 Å².